The van der Waals surface area contributed by atoms with Crippen molar-refractivity contribution in [2.75, 3.05) is 64.2 Å². The highest BCUT2D eigenvalue weighted by molar-refractivity contribution is 7.89. The fourth-order valence-corrected chi connectivity index (χ4v) is 6.57. The third-order valence-corrected chi connectivity index (χ3v) is 9.25. The second-order valence-electron chi connectivity index (χ2n) is 10.1. The summed E-state index contributed by atoms with van der Waals surface area (Å²) in [4.78, 5) is 22.2. The Labute approximate surface area is 258 Å². The van der Waals surface area contributed by atoms with Gasteiger partial charge in [0.25, 0.3) is 0 Å². The maximum absolute atomic E-state index is 13.4. The van der Waals surface area contributed by atoms with Crippen LogP contribution in [0.5, 0.6) is 5.75 Å². The van der Waals surface area contributed by atoms with Crippen LogP contribution in [0.4, 0.5) is 43.8 Å². The fourth-order valence-electron chi connectivity index (χ4n) is 5.09. The fraction of sp³-hybridized carbons (Fsp3) is 0.500. The Kier molecular flexibility index (Phi) is 10.5. The number of anilines is 3. The van der Waals surface area contributed by atoms with Gasteiger partial charge >= 0.3 is 18.3 Å². The molecule has 2 aliphatic rings. The number of fused-ring (bicyclic) bond motifs is 1. The van der Waals surface area contributed by atoms with Gasteiger partial charge in [0, 0.05) is 51.5 Å². The van der Waals surface area contributed by atoms with Crippen molar-refractivity contribution in [3.05, 3.63) is 30.0 Å². The number of benzene rings is 1. The van der Waals surface area contributed by atoms with Gasteiger partial charge in [0.15, 0.2) is 0 Å². The normalized spacial score (nSPS) is 17.3. The molecule has 4 N–H and O–H groups in total. The number of nitrogens with zero attached hydrogens (tertiary/aromatic N) is 4. The van der Waals surface area contributed by atoms with Crippen LogP contribution in [0.1, 0.15) is 18.4 Å². The lowest BCUT2D eigenvalue weighted by Gasteiger charge is -2.39. The van der Waals surface area contributed by atoms with E-state index in [1.165, 1.54) is 36.7 Å². The molecule has 20 heteroatoms. The first-order chi connectivity index (χ1) is 21.6. The summed E-state index contributed by atoms with van der Waals surface area (Å²) < 4.78 is 111. The molecule has 5 rings (SSSR count). The van der Waals surface area contributed by atoms with Gasteiger partial charge in [-0.05, 0) is 25.0 Å². The van der Waals surface area contributed by atoms with Gasteiger partial charge in [-0.25, -0.2) is 13.2 Å². The van der Waals surface area contributed by atoms with Gasteiger partial charge in [0.05, 0.1) is 41.9 Å². The number of piperidine rings is 1. The van der Waals surface area contributed by atoms with Crippen LogP contribution < -0.4 is 15.4 Å². The number of methoxy groups -OCH3 is 1. The smallest absolute Gasteiger partial charge is 0.490 e. The van der Waals surface area contributed by atoms with Crippen LogP contribution in [-0.4, -0.2) is 109 Å². The Morgan fingerprint density at radius 2 is 1.72 bits per heavy atom. The molecule has 2 aliphatic heterocycles. The Morgan fingerprint density at radius 3 is 2.26 bits per heavy atom. The Hall–Kier alpha value is -3.88. The minimum absolute atomic E-state index is 0.00140. The number of carbonyl (C=O) groups is 1. The Bertz CT molecular complexity index is 1640. The molecule has 4 heterocycles. The second kappa shape index (κ2) is 13.9. The second-order valence-corrected chi connectivity index (χ2v) is 12.1. The van der Waals surface area contributed by atoms with Gasteiger partial charge in [-0.15, -0.1) is 0 Å². The van der Waals surface area contributed by atoms with Crippen molar-refractivity contribution in [3.63, 3.8) is 0 Å². The average molecular weight is 684 g/mol. The third-order valence-electron chi connectivity index (χ3n) is 7.36. The number of aliphatic carboxylic acids is 1. The van der Waals surface area contributed by atoms with Crippen molar-refractivity contribution in [3.8, 4) is 5.75 Å². The number of halogens is 6. The third kappa shape index (κ3) is 7.91. The molecule has 0 radical (unpaired) electrons. The quantitative estimate of drug-likeness (QED) is 0.268. The number of hydrogen-bond donors (Lipinski definition) is 4. The van der Waals surface area contributed by atoms with Gasteiger partial charge in [-0.3, -0.25) is 4.90 Å². The SMILES string of the molecule is CNc1nc(Nc2ccc(S(=O)(=O)N3CCC(N4CCOCC4)CC3)cc2OC)nc2[nH]cc(C(F)(F)F)c12.O=C(O)C(F)(F)F. The highest BCUT2D eigenvalue weighted by Gasteiger charge is 2.38. The first kappa shape index (κ1) is 35.0. The summed E-state index contributed by atoms with van der Waals surface area (Å²) >= 11 is 0. The number of morpholine rings is 1. The van der Waals surface area contributed by atoms with Crippen LogP contribution in [0, 0.1) is 0 Å². The number of carboxylic acid groups (broad SMARTS) is 1. The van der Waals surface area contributed by atoms with Crippen LogP contribution in [0.25, 0.3) is 11.0 Å². The number of carboxylic acids is 1. The molecular formula is C26H31F6N7O6S. The molecule has 0 unspecified atom stereocenters. The highest BCUT2D eigenvalue weighted by atomic mass is 32.2. The molecule has 0 bridgehead atoms. The van der Waals surface area contributed by atoms with E-state index in [-0.39, 0.29) is 33.4 Å². The van der Waals surface area contributed by atoms with E-state index in [1.54, 1.807) is 0 Å². The largest absolute Gasteiger partial charge is 0.495 e. The van der Waals surface area contributed by atoms with Gasteiger partial charge in [-0.1, -0.05) is 0 Å². The number of hydrogen-bond acceptors (Lipinski definition) is 10. The van der Waals surface area contributed by atoms with Crippen molar-refractivity contribution in [1.29, 1.82) is 0 Å². The highest BCUT2D eigenvalue weighted by Crippen LogP contribution is 2.38. The van der Waals surface area contributed by atoms with E-state index in [4.69, 9.17) is 19.4 Å². The van der Waals surface area contributed by atoms with E-state index in [1.807, 2.05) is 0 Å². The van der Waals surface area contributed by atoms with E-state index in [9.17, 15) is 34.8 Å². The topological polar surface area (TPSA) is 162 Å². The standard InChI is InChI=1S/C24H30F3N7O4S.C2HF3O2/c1-28-21-20-17(24(25,26)27)14-29-22(20)32-23(31-21)30-18-4-3-16(13-19(18)37-2)39(35,36)34-7-5-15(6-8-34)33-9-11-38-12-10-33;3-2(4,5)1(6)7/h3-4,13-15H,5-12H2,1-2H3,(H3,28,29,30,31,32);(H,6,7). The molecule has 1 aromatic carbocycles. The molecule has 0 amide bonds. The maximum atomic E-state index is 13.4. The average Bonchev–Trinajstić information content (AvgIpc) is 3.46. The molecule has 0 aliphatic carbocycles. The van der Waals surface area contributed by atoms with Crippen molar-refractivity contribution >= 4 is 44.5 Å². The monoisotopic (exact) mass is 683 g/mol. The van der Waals surface area contributed by atoms with Gasteiger partial charge in [-0.2, -0.15) is 40.6 Å². The van der Waals surface area contributed by atoms with E-state index in [0.717, 1.165) is 32.1 Å². The van der Waals surface area contributed by atoms with Crippen molar-refractivity contribution in [1.82, 2.24) is 24.2 Å². The van der Waals surface area contributed by atoms with Gasteiger partial charge in [0.1, 0.15) is 17.2 Å². The van der Waals surface area contributed by atoms with Crippen molar-refractivity contribution in [2.45, 2.75) is 36.1 Å². The van der Waals surface area contributed by atoms with Crippen LogP contribution in [0.3, 0.4) is 0 Å². The number of aromatic nitrogens is 3. The lowest BCUT2D eigenvalue weighted by molar-refractivity contribution is -0.192. The molecule has 13 nitrogen and oxygen atoms in total. The summed E-state index contributed by atoms with van der Waals surface area (Å²) in [6.07, 6.45) is -7.32. The predicted octanol–water partition coefficient (Wildman–Crippen LogP) is 3.89. The van der Waals surface area contributed by atoms with Crippen molar-refractivity contribution < 1.29 is 54.1 Å². The molecule has 3 aromatic rings. The number of ether oxygens (including phenoxy) is 2. The van der Waals surface area contributed by atoms with E-state index in [0.29, 0.717) is 38.0 Å². The van der Waals surface area contributed by atoms with E-state index < -0.39 is 33.9 Å². The van der Waals surface area contributed by atoms with Crippen LogP contribution in [0.2, 0.25) is 0 Å². The minimum Gasteiger partial charge on any atom is -0.495 e. The summed E-state index contributed by atoms with van der Waals surface area (Å²) in [6, 6.07) is 4.74. The zero-order chi connectivity index (χ0) is 33.9. The lowest BCUT2D eigenvalue weighted by Crippen LogP contribution is -2.50. The Morgan fingerprint density at radius 1 is 1.09 bits per heavy atom. The van der Waals surface area contributed by atoms with Gasteiger partial charge in [0.2, 0.25) is 16.0 Å². The summed E-state index contributed by atoms with van der Waals surface area (Å²) in [5, 5.41) is 12.5. The summed E-state index contributed by atoms with van der Waals surface area (Å²) in [5.74, 6) is -2.56. The number of aromatic amines is 1. The Balaban J connectivity index is 0.000000617. The molecular weight excluding hydrogens is 652 g/mol. The summed E-state index contributed by atoms with van der Waals surface area (Å²) in [7, 11) is -0.901. The number of sulfonamides is 1. The summed E-state index contributed by atoms with van der Waals surface area (Å²) in [6.45, 7) is 3.97. The van der Waals surface area contributed by atoms with Crippen LogP contribution in [0.15, 0.2) is 29.3 Å². The van der Waals surface area contributed by atoms with Crippen molar-refractivity contribution in [2.24, 2.45) is 0 Å². The molecule has 2 aromatic heterocycles. The predicted molar refractivity (Wildman–Crippen MR) is 153 cm³/mol. The molecule has 0 saturated carbocycles. The zero-order valence-electron chi connectivity index (χ0n) is 24.5. The first-order valence-corrected chi connectivity index (χ1v) is 15.2. The van der Waals surface area contributed by atoms with Gasteiger partial charge < -0.3 is 30.2 Å². The lowest BCUT2D eigenvalue weighted by atomic mass is 10.0. The molecule has 2 saturated heterocycles. The summed E-state index contributed by atoms with van der Waals surface area (Å²) in [5.41, 5.74) is -0.538. The number of H-pyrrole nitrogens is 1. The van der Waals surface area contributed by atoms with Crippen LogP contribution in [-0.2, 0) is 25.7 Å². The number of rotatable bonds is 7. The zero-order valence-corrected chi connectivity index (χ0v) is 25.3. The molecule has 46 heavy (non-hydrogen) atoms. The number of alkyl halides is 6. The number of nitrogens with one attached hydrogen (secondary N) is 3. The first-order valence-electron chi connectivity index (χ1n) is 13.8. The molecule has 2 fully saturated rings. The van der Waals surface area contributed by atoms with E-state index >= 15 is 0 Å². The van der Waals surface area contributed by atoms with Crippen LogP contribution >= 0.6 is 0 Å². The minimum atomic E-state index is -5.08. The molecule has 254 valence electrons. The maximum Gasteiger partial charge on any atom is 0.490 e. The van der Waals surface area contributed by atoms with E-state index in [2.05, 4.69) is 30.5 Å². The molecule has 0 spiro atoms. The molecule has 0 atom stereocenters.